The molecule has 0 saturated heterocycles. The summed E-state index contributed by atoms with van der Waals surface area (Å²) in [6.07, 6.45) is 4.08. The standard InChI is InChI=1S/C23H24N6O3/c1-2-32-20(30)15-26-22(31)18-14-27-23(29-12-10-16-7-3-4-9-19(16)29)28-21(18)25-13-17-8-5-6-11-24-17/h3-9,11,14H,2,10,12-13,15H2,1H3,(H,26,31)(H,25,27,28). The number of esters is 1. The Morgan fingerprint density at radius 3 is 2.78 bits per heavy atom. The number of carbonyl (C=O) groups is 2. The van der Waals surface area contributed by atoms with Crippen molar-refractivity contribution < 1.29 is 14.3 Å². The third kappa shape index (κ3) is 4.83. The molecule has 1 aliphatic rings. The van der Waals surface area contributed by atoms with Gasteiger partial charge < -0.3 is 20.3 Å². The third-order valence-electron chi connectivity index (χ3n) is 5.01. The van der Waals surface area contributed by atoms with E-state index in [4.69, 9.17) is 4.74 Å². The van der Waals surface area contributed by atoms with Crippen LogP contribution in [0.25, 0.3) is 0 Å². The van der Waals surface area contributed by atoms with Gasteiger partial charge in [-0.05, 0) is 37.1 Å². The van der Waals surface area contributed by atoms with E-state index in [1.807, 2.05) is 41.3 Å². The van der Waals surface area contributed by atoms with Gasteiger partial charge in [0.05, 0.1) is 18.8 Å². The number of anilines is 3. The van der Waals surface area contributed by atoms with E-state index >= 15 is 0 Å². The molecule has 0 spiro atoms. The number of para-hydroxylation sites is 1. The first-order valence-corrected chi connectivity index (χ1v) is 10.5. The monoisotopic (exact) mass is 432 g/mol. The molecule has 1 aromatic carbocycles. The van der Waals surface area contributed by atoms with Crippen molar-refractivity contribution in [1.82, 2.24) is 20.3 Å². The van der Waals surface area contributed by atoms with Crippen LogP contribution in [0.2, 0.25) is 0 Å². The number of amides is 1. The average molecular weight is 432 g/mol. The van der Waals surface area contributed by atoms with Gasteiger partial charge in [-0.15, -0.1) is 0 Å². The summed E-state index contributed by atoms with van der Waals surface area (Å²) in [6, 6.07) is 13.7. The van der Waals surface area contributed by atoms with Crippen molar-refractivity contribution in [2.45, 2.75) is 19.9 Å². The number of nitrogens with zero attached hydrogens (tertiary/aromatic N) is 4. The normalized spacial score (nSPS) is 12.2. The number of aromatic nitrogens is 3. The van der Waals surface area contributed by atoms with Crippen LogP contribution in [0.5, 0.6) is 0 Å². The lowest BCUT2D eigenvalue weighted by Crippen LogP contribution is -2.31. The number of hydrogen-bond donors (Lipinski definition) is 2. The van der Waals surface area contributed by atoms with Crippen molar-refractivity contribution in [2.24, 2.45) is 0 Å². The van der Waals surface area contributed by atoms with Gasteiger partial charge in [0.15, 0.2) is 0 Å². The van der Waals surface area contributed by atoms with Gasteiger partial charge in [-0.2, -0.15) is 4.98 Å². The summed E-state index contributed by atoms with van der Waals surface area (Å²) in [7, 11) is 0. The van der Waals surface area contributed by atoms with Gasteiger partial charge in [-0.25, -0.2) is 4.98 Å². The Balaban J connectivity index is 1.59. The Kier molecular flexibility index (Phi) is 6.54. The third-order valence-corrected chi connectivity index (χ3v) is 5.01. The fraction of sp³-hybridized carbons (Fsp3) is 0.261. The van der Waals surface area contributed by atoms with Gasteiger partial charge in [-0.3, -0.25) is 14.6 Å². The Bertz CT molecular complexity index is 1110. The van der Waals surface area contributed by atoms with E-state index in [2.05, 4.69) is 31.7 Å². The topological polar surface area (TPSA) is 109 Å². The number of carbonyl (C=O) groups excluding carboxylic acids is 2. The van der Waals surface area contributed by atoms with Gasteiger partial charge in [0, 0.05) is 24.6 Å². The highest BCUT2D eigenvalue weighted by atomic mass is 16.5. The molecule has 0 radical (unpaired) electrons. The maximum Gasteiger partial charge on any atom is 0.325 e. The van der Waals surface area contributed by atoms with E-state index in [1.165, 1.54) is 11.8 Å². The Hall–Kier alpha value is -4.01. The van der Waals surface area contributed by atoms with Crippen LogP contribution in [-0.4, -0.2) is 46.5 Å². The fourth-order valence-electron chi connectivity index (χ4n) is 3.49. The zero-order chi connectivity index (χ0) is 22.3. The zero-order valence-electron chi connectivity index (χ0n) is 17.7. The van der Waals surface area contributed by atoms with Crippen molar-refractivity contribution in [3.63, 3.8) is 0 Å². The van der Waals surface area contributed by atoms with Gasteiger partial charge in [0.25, 0.3) is 5.91 Å². The summed E-state index contributed by atoms with van der Waals surface area (Å²) in [4.78, 5) is 39.8. The van der Waals surface area contributed by atoms with Gasteiger partial charge in [0.1, 0.15) is 17.9 Å². The van der Waals surface area contributed by atoms with E-state index < -0.39 is 11.9 Å². The first-order valence-electron chi connectivity index (χ1n) is 10.5. The number of hydrogen-bond acceptors (Lipinski definition) is 8. The quantitative estimate of drug-likeness (QED) is 0.523. The lowest BCUT2D eigenvalue weighted by molar-refractivity contribution is -0.141. The number of fused-ring (bicyclic) bond motifs is 1. The molecular weight excluding hydrogens is 408 g/mol. The predicted octanol–water partition coefficient (Wildman–Crippen LogP) is 2.47. The van der Waals surface area contributed by atoms with Crippen LogP contribution < -0.4 is 15.5 Å². The Labute approximate surface area is 185 Å². The summed E-state index contributed by atoms with van der Waals surface area (Å²) in [5, 5.41) is 5.76. The Morgan fingerprint density at radius 1 is 1.12 bits per heavy atom. The fourth-order valence-corrected chi connectivity index (χ4v) is 3.49. The maximum absolute atomic E-state index is 12.7. The minimum absolute atomic E-state index is 0.229. The highest BCUT2D eigenvalue weighted by Gasteiger charge is 2.24. The lowest BCUT2D eigenvalue weighted by atomic mass is 10.2. The van der Waals surface area contributed by atoms with Crippen molar-refractivity contribution in [2.75, 3.05) is 29.9 Å². The molecule has 0 atom stereocenters. The van der Waals surface area contributed by atoms with Crippen LogP contribution in [0.15, 0.2) is 54.9 Å². The van der Waals surface area contributed by atoms with E-state index in [0.29, 0.717) is 18.3 Å². The number of ether oxygens (including phenoxy) is 1. The largest absolute Gasteiger partial charge is 0.465 e. The van der Waals surface area contributed by atoms with Crippen LogP contribution in [0.1, 0.15) is 28.5 Å². The molecule has 3 aromatic rings. The molecule has 0 unspecified atom stereocenters. The van der Waals surface area contributed by atoms with Crippen LogP contribution >= 0.6 is 0 Å². The lowest BCUT2D eigenvalue weighted by Gasteiger charge is -2.19. The molecule has 4 rings (SSSR count). The highest BCUT2D eigenvalue weighted by molar-refractivity contribution is 6.00. The second-order valence-electron chi connectivity index (χ2n) is 7.12. The SMILES string of the molecule is CCOC(=O)CNC(=O)c1cnc(N2CCc3ccccc32)nc1NCc1ccccn1. The summed E-state index contributed by atoms with van der Waals surface area (Å²) >= 11 is 0. The van der Waals surface area contributed by atoms with E-state index in [9.17, 15) is 9.59 Å². The molecule has 3 heterocycles. The number of nitrogens with one attached hydrogen (secondary N) is 2. The van der Waals surface area contributed by atoms with Crippen LogP contribution in [0.4, 0.5) is 17.5 Å². The maximum atomic E-state index is 12.7. The average Bonchev–Trinajstić information content (AvgIpc) is 3.26. The number of rotatable bonds is 8. The zero-order valence-corrected chi connectivity index (χ0v) is 17.7. The van der Waals surface area contributed by atoms with Crippen molar-refractivity contribution in [3.05, 3.63) is 71.7 Å². The molecule has 0 saturated carbocycles. The van der Waals surface area contributed by atoms with Crippen LogP contribution in [0.3, 0.4) is 0 Å². The minimum Gasteiger partial charge on any atom is -0.465 e. The molecule has 9 heteroatoms. The van der Waals surface area contributed by atoms with Crippen molar-refractivity contribution in [1.29, 1.82) is 0 Å². The van der Waals surface area contributed by atoms with E-state index in [1.54, 1.807) is 13.1 Å². The minimum atomic E-state index is -0.505. The summed E-state index contributed by atoms with van der Waals surface area (Å²) in [5.41, 5.74) is 3.33. The van der Waals surface area contributed by atoms with E-state index in [-0.39, 0.29) is 18.7 Å². The smallest absolute Gasteiger partial charge is 0.325 e. The Morgan fingerprint density at radius 2 is 1.97 bits per heavy atom. The van der Waals surface area contributed by atoms with Gasteiger partial charge in [-0.1, -0.05) is 24.3 Å². The molecule has 0 bridgehead atoms. The molecule has 0 fully saturated rings. The molecule has 1 aliphatic heterocycles. The van der Waals surface area contributed by atoms with Gasteiger partial charge >= 0.3 is 5.97 Å². The first kappa shape index (κ1) is 21.2. The van der Waals surface area contributed by atoms with Gasteiger partial charge in [0.2, 0.25) is 5.95 Å². The first-order chi connectivity index (χ1) is 15.7. The van der Waals surface area contributed by atoms with Crippen molar-refractivity contribution in [3.8, 4) is 0 Å². The molecule has 9 nitrogen and oxygen atoms in total. The van der Waals surface area contributed by atoms with Crippen molar-refractivity contribution >= 4 is 29.3 Å². The summed E-state index contributed by atoms with van der Waals surface area (Å²) in [5.74, 6) is -0.100. The molecular formula is C23H24N6O3. The molecule has 32 heavy (non-hydrogen) atoms. The number of benzene rings is 1. The summed E-state index contributed by atoms with van der Waals surface area (Å²) < 4.78 is 4.87. The second-order valence-corrected chi connectivity index (χ2v) is 7.12. The van der Waals surface area contributed by atoms with Crippen LogP contribution in [0, 0.1) is 0 Å². The summed E-state index contributed by atoms with van der Waals surface area (Å²) in [6.45, 7) is 2.87. The highest BCUT2D eigenvalue weighted by Crippen LogP contribution is 2.33. The van der Waals surface area contributed by atoms with Crippen LogP contribution in [-0.2, 0) is 22.5 Å². The van der Waals surface area contributed by atoms with E-state index in [0.717, 1.165) is 24.3 Å². The molecule has 0 aliphatic carbocycles. The molecule has 1 amide bonds. The molecule has 2 N–H and O–H groups in total. The molecule has 2 aromatic heterocycles. The second kappa shape index (κ2) is 9.86. The molecule has 164 valence electrons. The predicted molar refractivity (Wildman–Crippen MR) is 120 cm³/mol. The number of pyridine rings is 1.